The van der Waals surface area contributed by atoms with E-state index >= 15 is 0 Å². The number of nitrogens with zero attached hydrogens (tertiary/aromatic N) is 9. The van der Waals surface area contributed by atoms with Gasteiger partial charge in [0.1, 0.15) is 29.1 Å². The lowest BCUT2D eigenvalue weighted by atomic mass is 9.63. The number of nitrogens with one attached hydrogen (secondary N) is 2. The number of benzene rings is 1. The van der Waals surface area contributed by atoms with Gasteiger partial charge in [0, 0.05) is 112 Å². The first-order chi connectivity index (χ1) is 34.6. The number of aryl methyl sites for hydroxylation is 1. The second-order valence-corrected chi connectivity index (χ2v) is 21.8. The molecule has 5 amide bonds. The second-order valence-electron chi connectivity index (χ2n) is 21.8. The predicted octanol–water partition coefficient (Wildman–Crippen LogP) is 4.64. The van der Waals surface area contributed by atoms with Gasteiger partial charge in [0.2, 0.25) is 11.8 Å². The number of hydrogen-bond acceptors (Lipinski definition) is 13. The lowest BCUT2D eigenvalue weighted by Crippen LogP contribution is -2.71. The second kappa shape index (κ2) is 17.0. The maximum absolute atomic E-state index is 14.0. The van der Waals surface area contributed by atoms with Crippen molar-refractivity contribution in [3.05, 3.63) is 111 Å². The van der Waals surface area contributed by atoms with Gasteiger partial charge in [-0.25, -0.2) is 9.97 Å². The molecule has 0 bridgehead atoms. The van der Waals surface area contributed by atoms with Gasteiger partial charge in [-0.1, -0.05) is 13.8 Å². The number of carbonyl (C=O) groups excluding carboxylic acids is 5. The first kappa shape index (κ1) is 45.9. The SMILES string of the molecule is C[C@H]1CN(C2(C3CN(c4ccc5c(c4)C(=O)N(C4CCC(=O)NC4=O)C5=O)C3)CCC2)CCN1c1ccc(Nc2cc(-c3ccnc(N4CCn5c(cc6c5CC(C)(C)C6)C4=O)c3CO)cn(C)c2=O)nc1. The summed E-state index contributed by atoms with van der Waals surface area (Å²) in [4.78, 5) is 98.2. The molecule has 72 heavy (non-hydrogen) atoms. The van der Waals surface area contributed by atoms with Crippen LogP contribution in [0.4, 0.5) is 28.7 Å². The van der Waals surface area contributed by atoms with Crippen molar-refractivity contribution in [1.29, 1.82) is 0 Å². The van der Waals surface area contributed by atoms with Gasteiger partial charge in [-0.3, -0.25) is 48.8 Å². The standard InChI is InChI=1S/C54H59N11O7/c1-31-26-61(54(13-5-14-54)34-28-60(29-34)35-6-8-38-39(22-35)50(70)65(49(38)69)42-9-11-46(67)58-48(42)68)16-17-62(31)36-7-10-45(56-25-36)57-41-20-33(27-59(4)51(41)71)37-12-15-55-47(40(37)30-66)64-19-18-63-43(52(64)72)21-32-23-53(2,3)24-44(32)63/h6-8,10,12,15,20-22,25,27,31,34,42,66H,5,9,11,13-14,16-19,23-24,26,28-30H2,1-4H3,(H,56,57)(H,58,67,68)/t31-,42?/m0/s1. The van der Waals surface area contributed by atoms with Gasteiger partial charge in [0.25, 0.3) is 23.3 Å². The molecule has 1 aromatic carbocycles. The zero-order valence-electron chi connectivity index (χ0n) is 41.1. The fraction of sp³-hybridized carbons (Fsp3) is 0.444. The number of amides is 5. The predicted molar refractivity (Wildman–Crippen MR) is 269 cm³/mol. The van der Waals surface area contributed by atoms with E-state index in [9.17, 15) is 33.9 Å². The largest absolute Gasteiger partial charge is 0.392 e. The van der Waals surface area contributed by atoms with Crippen LogP contribution in [0.2, 0.25) is 0 Å². The molecule has 2 aliphatic carbocycles. The third-order valence-electron chi connectivity index (χ3n) is 16.8. The van der Waals surface area contributed by atoms with E-state index in [4.69, 9.17) is 4.98 Å². The number of anilines is 5. The average Bonchev–Trinajstić information content (AvgIpc) is 3.92. The van der Waals surface area contributed by atoms with Crippen molar-refractivity contribution in [2.45, 2.75) is 96.5 Å². The highest BCUT2D eigenvalue weighted by Crippen LogP contribution is 2.49. The minimum absolute atomic E-state index is 0.0801. The number of carbonyl (C=O) groups is 5. The van der Waals surface area contributed by atoms with E-state index in [1.807, 2.05) is 30.5 Å². The Morgan fingerprint density at radius 1 is 0.833 bits per heavy atom. The maximum Gasteiger partial charge on any atom is 0.276 e. The van der Waals surface area contributed by atoms with E-state index in [1.165, 1.54) is 22.2 Å². The number of aliphatic hydroxyl groups is 1. The van der Waals surface area contributed by atoms with Crippen LogP contribution in [0.3, 0.4) is 0 Å². The van der Waals surface area contributed by atoms with Crippen LogP contribution in [-0.2, 0) is 42.6 Å². The highest BCUT2D eigenvalue weighted by Gasteiger charge is 2.54. The summed E-state index contributed by atoms with van der Waals surface area (Å²) in [6, 6.07) is 14.1. The topological polar surface area (TPSA) is 199 Å². The molecule has 1 saturated carbocycles. The van der Waals surface area contributed by atoms with Gasteiger partial charge >= 0.3 is 0 Å². The Kier molecular flexibility index (Phi) is 10.8. The van der Waals surface area contributed by atoms with Crippen LogP contribution in [0.5, 0.6) is 0 Å². The summed E-state index contributed by atoms with van der Waals surface area (Å²) >= 11 is 0. The molecule has 3 N–H and O–H groups in total. The number of pyridine rings is 3. The number of aliphatic hydroxyl groups excluding tert-OH is 1. The Hall–Kier alpha value is -7.18. The first-order valence-corrected chi connectivity index (χ1v) is 25.3. The molecule has 7 aliphatic rings. The molecule has 5 aliphatic heterocycles. The summed E-state index contributed by atoms with van der Waals surface area (Å²) in [6.07, 6.45) is 10.8. The zero-order chi connectivity index (χ0) is 50.0. The normalized spacial score (nSPS) is 22.7. The van der Waals surface area contributed by atoms with E-state index in [2.05, 4.69) is 55.7 Å². The Balaban J connectivity index is 0.695. The maximum atomic E-state index is 14.0. The molecule has 5 aromatic rings. The van der Waals surface area contributed by atoms with Crippen molar-refractivity contribution in [2.24, 2.45) is 18.4 Å². The Morgan fingerprint density at radius 2 is 1.62 bits per heavy atom. The third-order valence-corrected chi connectivity index (χ3v) is 16.8. The molecule has 1 unspecified atom stereocenters. The highest BCUT2D eigenvalue weighted by molar-refractivity contribution is 6.23. The molecule has 3 saturated heterocycles. The minimum atomic E-state index is -0.992. The number of piperidine rings is 1. The van der Waals surface area contributed by atoms with E-state index < -0.39 is 29.7 Å². The van der Waals surface area contributed by atoms with Gasteiger partial charge in [-0.05, 0) is 111 Å². The van der Waals surface area contributed by atoms with Gasteiger partial charge < -0.3 is 29.4 Å². The number of fused-ring (bicyclic) bond motifs is 4. The van der Waals surface area contributed by atoms with Crippen molar-refractivity contribution in [3.63, 3.8) is 0 Å². The smallest absolute Gasteiger partial charge is 0.276 e. The van der Waals surface area contributed by atoms with Gasteiger partial charge in [0.05, 0.1) is 29.6 Å². The van der Waals surface area contributed by atoms with Gasteiger partial charge in [-0.2, -0.15) is 0 Å². The Labute approximate surface area is 416 Å². The van der Waals surface area contributed by atoms with E-state index in [0.717, 1.165) is 74.7 Å². The highest BCUT2D eigenvalue weighted by atomic mass is 16.3. The number of rotatable bonds is 10. The van der Waals surface area contributed by atoms with E-state index in [-0.39, 0.29) is 53.5 Å². The Morgan fingerprint density at radius 3 is 2.35 bits per heavy atom. The van der Waals surface area contributed by atoms with Crippen LogP contribution < -0.4 is 30.9 Å². The lowest BCUT2D eigenvalue weighted by molar-refractivity contribution is -0.136. The van der Waals surface area contributed by atoms with Crippen molar-refractivity contribution in [3.8, 4) is 11.1 Å². The first-order valence-electron chi connectivity index (χ1n) is 25.3. The molecule has 0 spiro atoms. The van der Waals surface area contributed by atoms with Crippen molar-refractivity contribution < 1.29 is 29.1 Å². The molecule has 372 valence electrons. The Bertz CT molecular complexity index is 3190. The number of aromatic nitrogens is 4. The molecular weight excluding hydrogens is 915 g/mol. The molecule has 9 heterocycles. The lowest BCUT2D eigenvalue weighted by Gasteiger charge is -2.62. The number of hydrogen-bond donors (Lipinski definition) is 3. The van der Waals surface area contributed by atoms with Crippen molar-refractivity contribution >= 4 is 58.2 Å². The van der Waals surface area contributed by atoms with Gasteiger partial charge in [-0.15, -0.1) is 0 Å². The van der Waals surface area contributed by atoms with Crippen LogP contribution in [0, 0.1) is 11.3 Å². The molecule has 18 nitrogen and oxygen atoms in total. The molecule has 0 radical (unpaired) electrons. The van der Waals surface area contributed by atoms with Crippen molar-refractivity contribution in [1.82, 2.24) is 34.2 Å². The van der Waals surface area contributed by atoms with Crippen molar-refractivity contribution in [2.75, 3.05) is 59.3 Å². The summed E-state index contributed by atoms with van der Waals surface area (Å²) in [7, 11) is 1.69. The summed E-state index contributed by atoms with van der Waals surface area (Å²) in [6.45, 7) is 11.8. The molecule has 18 heteroatoms. The zero-order valence-corrected chi connectivity index (χ0v) is 41.1. The molecule has 4 fully saturated rings. The number of imide groups is 2. The fourth-order valence-electron chi connectivity index (χ4n) is 12.9. The molecule has 12 rings (SSSR count). The summed E-state index contributed by atoms with van der Waals surface area (Å²) in [5.74, 6) is -0.758. The monoisotopic (exact) mass is 973 g/mol. The third kappa shape index (κ3) is 7.34. The molecule has 2 atom stereocenters. The van der Waals surface area contributed by atoms with Crippen LogP contribution >= 0.6 is 0 Å². The van der Waals surface area contributed by atoms with Crippen LogP contribution in [-0.4, -0.2) is 120 Å². The van der Waals surface area contributed by atoms with Crippen LogP contribution in [0.15, 0.2) is 71.9 Å². The van der Waals surface area contributed by atoms with E-state index in [0.29, 0.717) is 64.3 Å². The van der Waals surface area contributed by atoms with Crippen LogP contribution in [0.1, 0.15) is 101 Å². The van der Waals surface area contributed by atoms with Crippen LogP contribution in [0.25, 0.3) is 11.1 Å². The summed E-state index contributed by atoms with van der Waals surface area (Å²) in [5.41, 5.74) is 7.82. The quantitative estimate of drug-likeness (QED) is 0.164. The molecular formula is C54H59N11O7. The summed E-state index contributed by atoms with van der Waals surface area (Å²) in [5, 5.41) is 16.3. The minimum Gasteiger partial charge on any atom is -0.392 e. The number of piperazine rings is 1. The van der Waals surface area contributed by atoms with E-state index in [1.54, 1.807) is 48.6 Å². The summed E-state index contributed by atoms with van der Waals surface area (Å²) < 4.78 is 3.67. The molecule has 4 aromatic heterocycles. The fourth-order valence-corrected chi connectivity index (χ4v) is 12.9. The average molecular weight is 974 g/mol. The van der Waals surface area contributed by atoms with Gasteiger partial charge in [0.15, 0.2) is 0 Å².